The van der Waals surface area contributed by atoms with Crippen LogP contribution in [0.1, 0.15) is 63.9 Å². The highest BCUT2D eigenvalue weighted by molar-refractivity contribution is 5.19. The highest BCUT2D eigenvalue weighted by Crippen LogP contribution is 2.34. The molecule has 0 saturated heterocycles. The van der Waals surface area contributed by atoms with E-state index in [4.69, 9.17) is 0 Å². The maximum Gasteiger partial charge on any atom is 0.194 e. The molecule has 1 saturated carbocycles. The van der Waals surface area contributed by atoms with Crippen molar-refractivity contribution in [2.24, 2.45) is 11.8 Å². The number of rotatable bonds is 6. The highest BCUT2D eigenvalue weighted by atomic mass is 19.2. The Balaban J connectivity index is 1.77. The molecular formula is C18H25F3. The van der Waals surface area contributed by atoms with E-state index < -0.39 is 17.5 Å². The maximum absolute atomic E-state index is 13.2. The molecule has 3 heteroatoms. The number of hydrogen-bond donors (Lipinski definition) is 0. The van der Waals surface area contributed by atoms with Crippen molar-refractivity contribution in [1.82, 2.24) is 0 Å². The summed E-state index contributed by atoms with van der Waals surface area (Å²) in [7, 11) is 0. The quantitative estimate of drug-likeness (QED) is 0.562. The first-order chi connectivity index (χ1) is 10.1. The first-order valence-electron chi connectivity index (χ1n) is 8.23. The zero-order valence-electron chi connectivity index (χ0n) is 12.8. The lowest BCUT2D eigenvalue weighted by atomic mass is 9.78. The monoisotopic (exact) mass is 298 g/mol. The van der Waals surface area contributed by atoms with Crippen molar-refractivity contribution in [3.63, 3.8) is 0 Å². The van der Waals surface area contributed by atoms with Gasteiger partial charge in [-0.05, 0) is 42.4 Å². The van der Waals surface area contributed by atoms with E-state index in [1.807, 2.05) is 0 Å². The zero-order chi connectivity index (χ0) is 15.2. The number of unbranched alkanes of at least 4 members (excludes halogenated alkanes) is 1. The van der Waals surface area contributed by atoms with Gasteiger partial charge >= 0.3 is 0 Å². The third kappa shape index (κ3) is 4.76. The van der Waals surface area contributed by atoms with E-state index in [1.165, 1.54) is 44.9 Å². The lowest BCUT2D eigenvalue weighted by molar-refractivity contribution is 0.250. The largest absolute Gasteiger partial charge is 0.204 e. The number of halogens is 3. The van der Waals surface area contributed by atoms with Gasteiger partial charge in [0.05, 0.1) is 0 Å². The molecule has 118 valence electrons. The van der Waals surface area contributed by atoms with Crippen molar-refractivity contribution in [2.75, 3.05) is 0 Å². The van der Waals surface area contributed by atoms with Crippen LogP contribution in [-0.4, -0.2) is 0 Å². The molecule has 0 aromatic heterocycles. The minimum atomic E-state index is -1.37. The normalized spacial score (nSPS) is 22.5. The highest BCUT2D eigenvalue weighted by Gasteiger charge is 2.21. The number of aryl methyl sites for hydroxylation is 1. The standard InChI is InChI=1S/C18H25F3/c1-2-3-4-13-5-7-14(8-6-13)9-10-15-11-16(19)18(21)17(20)12-15/h11-14H,2-10H2,1H3/t13-,14-. The Bertz CT molecular complexity index is 425. The van der Waals surface area contributed by atoms with Gasteiger partial charge in [-0.25, -0.2) is 13.2 Å². The SMILES string of the molecule is CCCC[C@H]1CC[C@H](CCc2cc(F)c(F)c(F)c2)CC1. The Morgan fingerprint density at radius 3 is 1.95 bits per heavy atom. The van der Waals surface area contributed by atoms with Crippen LogP contribution in [0, 0.1) is 29.3 Å². The maximum atomic E-state index is 13.2. The Labute approximate surface area is 125 Å². The molecule has 0 spiro atoms. The molecule has 0 atom stereocenters. The molecule has 0 heterocycles. The van der Waals surface area contributed by atoms with Crippen LogP contribution in [-0.2, 0) is 6.42 Å². The van der Waals surface area contributed by atoms with E-state index in [9.17, 15) is 13.2 Å². The molecule has 0 N–H and O–H groups in total. The Kier molecular flexibility index (Phi) is 6.13. The van der Waals surface area contributed by atoms with Crippen molar-refractivity contribution in [3.8, 4) is 0 Å². The summed E-state index contributed by atoms with van der Waals surface area (Å²) in [4.78, 5) is 0. The Morgan fingerprint density at radius 1 is 0.905 bits per heavy atom. The summed E-state index contributed by atoms with van der Waals surface area (Å²) >= 11 is 0. The predicted octanol–water partition coefficient (Wildman–Crippen LogP) is 6.03. The van der Waals surface area contributed by atoms with E-state index >= 15 is 0 Å². The molecule has 0 aliphatic heterocycles. The van der Waals surface area contributed by atoms with E-state index in [1.54, 1.807) is 0 Å². The van der Waals surface area contributed by atoms with Crippen molar-refractivity contribution in [2.45, 2.75) is 64.7 Å². The Hall–Kier alpha value is -0.990. The van der Waals surface area contributed by atoms with Crippen LogP contribution in [0.5, 0.6) is 0 Å². The van der Waals surface area contributed by atoms with E-state index in [0.717, 1.165) is 24.5 Å². The van der Waals surface area contributed by atoms with Gasteiger partial charge in [0.25, 0.3) is 0 Å². The van der Waals surface area contributed by atoms with Gasteiger partial charge in [0.15, 0.2) is 17.5 Å². The van der Waals surface area contributed by atoms with E-state index in [2.05, 4.69) is 6.92 Å². The van der Waals surface area contributed by atoms with Crippen LogP contribution in [0.25, 0.3) is 0 Å². The third-order valence-electron chi connectivity index (χ3n) is 4.82. The van der Waals surface area contributed by atoms with Gasteiger partial charge in [-0.15, -0.1) is 0 Å². The minimum Gasteiger partial charge on any atom is -0.204 e. The summed E-state index contributed by atoms with van der Waals surface area (Å²) in [6.45, 7) is 2.23. The molecular weight excluding hydrogens is 273 g/mol. The fourth-order valence-electron chi connectivity index (χ4n) is 3.42. The van der Waals surface area contributed by atoms with Gasteiger partial charge in [-0.2, -0.15) is 0 Å². The second-order valence-corrected chi connectivity index (χ2v) is 6.44. The Morgan fingerprint density at radius 2 is 1.43 bits per heavy atom. The summed E-state index contributed by atoms with van der Waals surface area (Å²) in [6.07, 6.45) is 10.5. The molecule has 21 heavy (non-hydrogen) atoms. The van der Waals surface area contributed by atoms with Gasteiger partial charge in [-0.1, -0.05) is 51.9 Å². The second-order valence-electron chi connectivity index (χ2n) is 6.44. The van der Waals surface area contributed by atoms with Crippen LogP contribution in [0.3, 0.4) is 0 Å². The molecule has 1 aromatic rings. The van der Waals surface area contributed by atoms with Crippen LogP contribution < -0.4 is 0 Å². The number of benzene rings is 1. The fourth-order valence-corrected chi connectivity index (χ4v) is 3.42. The van der Waals surface area contributed by atoms with Gasteiger partial charge in [0, 0.05) is 0 Å². The fraction of sp³-hybridized carbons (Fsp3) is 0.667. The van der Waals surface area contributed by atoms with Gasteiger partial charge in [-0.3, -0.25) is 0 Å². The van der Waals surface area contributed by atoms with Crippen molar-refractivity contribution in [3.05, 3.63) is 35.1 Å². The topological polar surface area (TPSA) is 0 Å². The predicted molar refractivity (Wildman–Crippen MR) is 79.6 cm³/mol. The molecule has 1 aromatic carbocycles. The molecule has 1 aliphatic carbocycles. The summed E-state index contributed by atoms with van der Waals surface area (Å²) < 4.78 is 39.2. The van der Waals surface area contributed by atoms with Crippen molar-refractivity contribution in [1.29, 1.82) is 0 Å². The number of hydrogen-bond acceptors (Lipinski definition) is 0. The third-order valence-corrected chi connectivity index (χ3v) is 4.82. The minimum absolute atomic E-state index is 0.569. The van der Waals surface area contributed by atoms with E-state index in [-0.39, 0.29) is 0 Å². The van der Waals surface area contributed by atoms with Gasteiger partial charge in [0.2, 0.25) is 0 Å². The van der Waals surface area contributed by atoms with Gasteiger partial charge in [0.1, 0.15) is 0 Å². The lowest BCUT2D eigenvalue weighted by Crippen LogP contribution is -2.15. The zero-order valence-corrected chi connectivity index (χ0v) is 12.8. The van der Waals surface area contributed by atoms with Crippen molar-refractivity contribution >= 4 is 0 Å². The molecule has 2 rings (SSSR count). The van der Waals surface area contributed by atoms with Crippen LogP contribution in [0.15, 0.2) is 12.1 Å². The van der Waals surface area contributed by atoms with E-state index in [0.29, 0.717) is 17.9 Å². The summed E-state index contributed by atoms with van der Waals surface area (Å²) in [6, 6.07) is 2.26. The van der Waals surface area contributed by atoms with Gasteiger partial charge < -0.3 is 0 Å². The average Bonchev–Trinajstić information content (AvgIpc) is 2.49. The first kappa shape index (κ1) is 16.4. The van der Waals surface area contributed by atoms with Crippen LogP contribution in [0.2, 0.25) is 0 Å². The average molecular weight is 298 g/mol. The molecule has 0 bridgehead atoms. The summed E-state index contributed by atoms with van der Waals surface area (Å²) in [5.41, 5.74) is 0.569. The lowest BCUT2D eigenvalue weighted by Gasteiger charge is -2.28. The smallest absolute Gasteiger partial charge is 0.194 e. The molecule has 0 nitrogen and oxygen atoms in total. The second kappa shape index (κ2) is 7.86. The molecule has 0 unspecified atom stereocenters. The summed E-state index contributed by atoms with van der Waals surface area (Å²) in [5, 5.41) is 0. The molecule has 0 amide bonds. The first-order valence-corrected chi connectivity index (χ1v) is 8.23. The van der Waals surface area contributed by atoms with Crippen LogP contribution in [0.4, 0.5) is 13.2 Å². The van der Waals surface area contributed by atoms with Crippen LogP contribution >= 0.6 is 0 Å². The van der Waals surface area contributed by atoms with Crippen molar-refractivity contribution < 1.29 is 13.2 Å². The molecule has 1 fully saturated rings. The molecule has 0 radical (unpaired) electrons. The molecule has 1 aliphatic rings. The summed E-state index contributed by atoms with van der Waals surface area (Å²) in [5.74, 6) is -1.99.